The molecule has 2 aliphatic rings. The Hall–Kier alpha value is -1.60. The number of nitrogens with one attached hydrogen (secondary N) is 1. The fourth-order valence-electron chi connectivity index (χ4n) is 3.16. The van der Waals surface area contributed by atoms with Gasteiger partial charge in [0.15, 0.2) is 9.84 Å². The number of carbonyl (C=O) groups excluding carboxylic acids is 1. The van der Waals surface area contributed by atoms with Crippen LogP contribution in [-0.2, 0) is 21.1 Å². The summed E-state index contributed by atoms with van der Waals surface area (Å²) < 4.78 is 22.8. The van der Waals surface area contributed by atoms with Crippen LogP contribution in [0, 0.1) is 0 Å². The van der Waals surface area contributed by atoms with Gasteiger partial charge in [0.2, 0.25) is 5.91 Å². The molecular formula is C16H23N3O3S. The second kappa shape index (κ2) is 6.49. The van der Waals surface area contributed by atoms with Crippen molar-refractivity contribution in [3.8, 4) is 0 Å². The maximum Gasteiger partial charge on any atom is 0.238 e. The van der Waals surface area contributed by atoms with Crippen molar-refractivity contribution < 1.29 is 13.2 Å². The highest BCUT2D eigenvalue weighted by molar-refractivity contribution is 7.91. The molecule has 0 spiro atoms. The van der Waals surface area contributed by atoms with Gasteiger partial charge in [-0.15, -0.1) is 0 Å². The molecule has 1 fully saturated rings. The number of rotatable bonds is 4. The van der Waals surface area contributed by atoms with Crippen molar-refractivity contribution in [1.29, 1.82) is 0 Å². The van der Waals surface area contributed by atoms with Gasteiger partial charge in [0, 0.05) is 37.6 Å². The summed E-state index contributed by atoms with van der Waals surface area (Å²) in [7, 11) is -2.91. The molecule has 2 aliphatic heterocycles. The van der Waals surface area contributed by atoms with Crippen molar-refractivity contribution in [2.24, 2.45) is 0 Å². The highest BCUT2D eigenvalue weighted by atomic mass is 32.2. The Morgan fingerprint density at radius 2 is 1.96 bits per heavy atom. The van der Waals surface area contributed by atoms with E-state index < -0.39 is 9.84 Å². The van der Waals surface area contributed by atoms with Crippen molar-refractivity contribution >= 4 is 27.1 Å². The van der Waals surface area contributed by atoms with E-state index in [-0.39, 0.29) is 24.0 Å². The Balaban J connectivity index is 1.58. The van der Waals surface area contributed by atoms with Crippen LogP contribution < -0.4 is 10.2 Å². The van der Waals surface area contributed by atoms with E-state index in [9.17, 15) is 13.2 Å². The summed E-state index contributed by atoms with van der Waals surface area (Å²) in [6.45, 7) is 5.24. The fraction of sp³-hybridized carbons (Fsp3) is 0.562. The van der Waals surface area contributed by atoms with E-state index >= 15 is 0 Å². The highest BCUT2D eigenvalue weighted by Gasteiger charge is 2.23. The lowest BCUT2D eigenvalue weighted by atomic mass is 10.1. The quantitative estimate of drug-likeness (QED) is 0.877. The molecule has 6 nitrogen and oxygen atoms in total. The van der Waals surface area contributed by atoms with Gasteiger partial charge in [0.25, 0.3) is 0 Å². The number of carbonyl (C=O) groups is 1. The monoisotopic (exact) mass is 337 g/mol. The summed E-state index contributed by atoms with van der Waals surface area (Å²) in [5.41, 5.74) is 3.33. The number of sulfone groups is 1. The predicted molar refractivity (Wildman–Crippen MR) is 91.8 cm³/mol. The van der Waals surface area contributed by atoms with E-state index in [2.05, 4.69) is 23.2 Å². The summed E-state index contributed by atoms with van der Waals surface area (Å²) in [6.07, 6.45) is 1.06. The summed E-state index contributed by atoms with van der Waals surface area (Å²) in [6, 6.07) is 6.05. The molecular weight excluding hydrogens is 314 g/mol. The summed E-state index contributed by atoms with van der Waals surface area (Å²) >= 11 is 0. The summed E-state index contributed by atoms with van der Waals surface area (Å²) in [4.78, 5) is 16.4. The molecule has 1 aromatic rings. The van der Waals surface area contributed by atoms with Gasteiger partial charge in [-0.2, -0.15) is 0 Å². The van der Waals surface area contributed by atoms with Gasteiger partial charge in [0.05, 0.1) is 18.1 Å². The first kappa shape index (κ1) is 16.3. The number of nitrogens with zero attached hydrogens (tertiary/aromatic N) is 2. The highest BCUT2D eigenvalue weighted by Crippen LogP contribution is 2.30. The summed E-state index contributed by atoms with van der Waals surface area (Å²) in [5, 5.41) is 2.93. The fourth-order valence-corrected chi connectivity index (χ4v) is 4.44. The van der Waals surface area contributed by atoms with Gasteiger partial charge < -0.3 is 10.2 Å². The summed E-state index contributed by atoms with van der Waals surface area (Å²) in [5.74, 6) is 0.195. The minimum atomic E-state index is -2.91. The number of benzene rings is 1. The van der Waals surface area contributed by atoms with Crippen LogP contribution in [0.2, 0.25) is 0 Å². The third-order valence-corrected chi connectivity index (χ3v) is 6.16. The molecule has 0 atom stereocenters. The van der Waals surface area contributed by atoms with Gasteiger partial charge >= 0.3 is 0 Å². The molecule has 0 aliphatic carbocycles. The van der Waals surface area contributed by atoms with Gasteiger partial charge in [-0.1, -0.05) is 6.07 Å². The van der Waals surface area contributed by atoms with Crippen LogP contribution in [-0.4, -0.2) is 63.5 Å². The number of fused-ring (bicyclic) bond motifs is 1. The van der Waals surface area contributed by atoms with E-state index in [1.54, 1.807) is 0 Å². The number of hydrogen-bond donors (Lipinski definition) is 1. The SMILES string of the molecule is CCN1CCc2ccc(NC(=O)CN3CCS(=O)(=O)CC3)cc21. The third-order valence-electron chi connectivity index (χ3n) is 4.55. The minimum Gasteiger partial charge on any atom is -0.371 e. The van der Waals surface area contributed by atoms with Crippen molar-refractivity contribution in [1.82, 2.24) is 4.90 Å². The molecule has 1 saturated heterocycles. The van der Waals surface area contributed by atoms with Crippen LogP contribution in [0.3, 0.4) is 0 Å². The van der Waals surface area contributed by atoms with Crippen LogP contribution in [0.25, 0.3) is 0 Å². The predicted octanol–water partition coefficient (Wildman–Crippen LogP) is 0.738. The third kappa shape index (κ3) is 3.84. The van der Waals surface area contributed by atoms with Crippen molar-refractivity contribution in [3.63, 3.8) is 0 Å². The van der Waals surface area contributed by atoms with E-state index in [1.165, 1.54) is 11.3 Å². The Kier molecular flexibility index (Phi) is 4.59. The first-order valence-corrected chi connectivity index (χ1v) is 9.89. The van der Waals surface area contributed by atoms with Gasteiger partial charge in [-0.05, 0) is 31.0 Å². The molecule has 1 amide bonds. The minimum absolute atomic E-state index is 0.0923. The number of amides is 1. The maximum atomic E-state index is 12.2. The Morgan fingerprint density at radius 1 is 1.22 bits per heavy atom. The molecule has 0 radical (unpaired) electrons. The second-order valence-corrected chi connectivity index (χ2v) is 8.45. The van der Waals surface area contributed by atoms with E-state index in [0.717, 1.165) is 25.2 Å². The molecule has 1 N–H and O–H groups in total. The van der Waals surface area contributed by atoms with Crippen LogP contribution in [0.5, 0.6) is 0 Å². The lowest BCUT2D eigenvalue weighted by molar-refractivity contribution is -0.117. The zero-order chi connectivity index (χ0) is 16.4. The molecule has 0 aromatic heterocycles. The smallest absolute Gasteiger partial charge is 0.238 e. The lowest BCUT2D eigenvalue weighted by Gasteiger charge is -2.25. The zero-order valence-corrected chi connectivity index (χ0v) is 14.2. The molecule has 0 bridgehead atoms. The maximum absolute atomic E-state index is 12.2. The number of likely N-dealkylation sites (N-methyl/N-ethyl adjacent to an activating group) is 1. The lowest BCUT2D eigenvalue weighted by Crippen LogP contribution is -2.43. The van der Waals surface area contributed by atoms with Crippen LogP contribution in [0.4, 0.5) is 11.4 Å². The second-order valence-electron chi connectivity index (χ2n) is 6.15. The molecule has 23 heavy (non-hydrogen) atoms. The molecule has 126 valence electrons. The normalized spacial score (nSPS) is 20.3. The first-order chi connectivity index (χ1) is 11.0. The Morgan fingerprint density at radius 3 is 2.65 bits per heavy atom. The number of anilines is 2. The van der Waals surface area contributed by atoms with Crippen LogP contribution in [0.15, 0.2) is 18.2 Å². The van der Waals surface area contributed by atoms with E-state index in [0.29, 0.717) is 13.1 Å². The number of hydrogen-bond acceptors (Lipinski definition) is 5. The molecule has 1 aromatic carbocycles. The van der Waals surface area contributed by atoms with Crippen molar-refractivity contribution in [3.05, 3.63) is 23.8 Å². The molecule has 2 heterocycles. The average molecular weight is 337 g/mol. The molecule has 3 rings (SSSR count). The largest absolute Gasteiger partial charge is 0.371 e. The van der Waals surface area contributed by atoms with E-state index in [1.807, 2.05) is 17.0 Å². The topological polar surface area (TPSA) is 69.7 Å². The van der Waals surface area contributed by atoms with Crippen LogP contribution in [0.1, 0.15) is 12.5 Å². The molecule has 0 unspecified atom stereocenters. The first-order valence-electron chi connectivity index (χ1n) is 8.07. The van der Waals surface area contributed by atoms with Gasteiger partial charge in [0.1, 0.15) is 0 Å². The Labute approximate surface area is 137 Å². The van der Waals surface area contributed by atoms with Crippen LogP contribution >= 0.6 is 0 Å². The molecule has 7 heteroatoms. The van der Waals surface area contributed by atoms with Crippen molar-refractivity contribution in [2.75, 3.05) is 54.4 Å². The molecule has 0 saturated carbocycles. The van der Waals surface area contributed by atoms with Gasteiger partial charge in [-0.25, -0.2) is 8.42 Å². The van der Waals surface area contributed by atoms with Crippen molar-refractivity contribution in [2.45, 2.75) is 13.3 Å². The Bertz CT molecular complexity index is 689. The standard InChI is InChI=1S/C16H23N3O3S/c1-2-19-6-5-13-3-4-14(11-15(13)19)17-16(20)12-18-7-9-23(21,22)10-8-18/h3-4,11H,2,5-10,12H2,1H3,(H,17,20). The van der Waals surface area contributed by atoms with Gasteiger partial charge in [-0.3, -0.25) is 9.69 Å². The van der Waals surface area contributed by atoms with E-state index in [4.69, 9.17) is 0 Å². The average Bonchev–Trinajstić information content (AvgIpc) is 2.91. The zero-order valence-electron chi connectivity index (χ0n) is 13.4.